The number of carbonyl (C=O) groups excluding carboxylic acids is 1. The molecule has 2 aromatic carbocycles. The molecule has 0 aliphatic carbocycles. The van der Waals surface area contributed by atoms with Crippen LogP contribution in [0.5, 0.6) is 17.4 Å². The monoisotopic (exact) mass is 367 g/mol. The van der Waals surface area contributed by atoms with Gasteiger partial charge in [0.1, 0.15) is 11.5 Å². The van der Waals surface area contributed by atoms with E-state index in [0.717, 1.165) is 5.52 Å². The number of para-hydroxylation sites is 1. The molecule has 0 fully saturated rings. The van der Waals surface area contributed by atoms with E-state index in [-0.39, 0.29) is 22.9 Å². The quantitative estimate of drug-likeness (QED) is 0.642. The highest BCUT2D eigenvalue weighted by Crippen LogP contribution is 2.41. The van der Waals surface area contributed by atoms with Gasteiger partial charge in [-0.15, -0.1) is 10.2 Å². The van der Waals surface area contributed by atoms with E-state index >= 15 is 0 Å². The molecule has 0 spiro atoms. The summed E-state index contributed by atoms with van der Waals surface area (Å²) < 4.78 is 6.99. The van der Waals surface area contributed by atoms with Crippen molar-refractivity contribution in [2.24, 2.45) is 16.1 Å². The summed E-state index contributed by atoms with van der Waals surface area (Å²) in [6.45, 7) is 4.66. The smallest absolute Gasteiger partial charge is 0.299 e. The molecule has 3 aromatic rings. The van der Waals surface area contributed by atoms with Gasteiger partial charge in [0.25, 0.3) is 5.91 Å². The first-order valence-electron chi connectivity index (χ1n) is 8.55. The molecule has 1 heterocycles. The average molecular weight is 367 g/mol. The highest BCUT2D eigenvalue weighted by Gasteiger charge is 2.19. The minimum absolute atomic E-state index is 0.0456. The summed E-state index contributed by atoms with van der Waals surface area (Å²) in [6.07, 6.45) is 0. The molecule has 1 amide bonds. The Bertz CT molecular complexity index is 1020. The fraction of sp³-hybridized carbons (Fsp3) is 0.250. The van der Waals surface area contributed by atoms with Crippen molar-refractivity contribution in [3.63, 3.8) is 0 Å². The molecule has 0 atom stereocenters. The first-order chi connectivity index (χ1) is 12.9. The van der Waals surface area contributed by atoms with Crippen LogP contribution >= 0.6 is 0 Å². The maximum atomic E-state index is 12.3. The van der Waals surface area contributed by atoms with Gasteiger partial charge in [-0.1, -0.05) is 26.0 Å². The highest BCUT2D eigenvalue weighted by atomic mass is 16.5. The van der Waals surface area contributed by atoms with E-state index in [9.17, 15) is 15.0 Å². The van der Waals surface area contributed by atoms with E-state index in [1.54, 1.807) is 35.9 Å². The molecule has 1 aromatic heterocycles. The third-order valence-electron chi connectivity index (χ3n) is 4.14. The number of aromatic nitrogens is 1. The van der Waals surface area contributed by atoms with Gasteiger partial charge in [-0.2, -0.15) is 0 Å². The molecule has 27 heavy (non-hydrogen) atoms. The molecule has 140 valence electrons. The van der Waals surface area contributed by atoms with E-state index in [1.165, 1.54) is 12.1 Å². The summed E-state index contributed by atoms with van der Waals surface area (Å²) in [6, 6.07) is 11.5. The SMILES string of the molecule is COc1ccc2c(c1)c(N=NC(=O)c1ccccc1O)c(O)n2CC(C)C. The molecule has 0 aliphatic heterocycles. The Balaban J connectivity index is 2.08. The number of amides is 1. The van der Waals surface area contributed by atoms with Crippen LogP contribution < -0.4 is 4.74 Å². The van der Waals surface area contributed by atoms with Crippen LogP contribution in [0.4, 0.5) is 5.69 Å². The van der Waals surface area contributed by atoms with Gasteiger partial charge >= 0.3 is 0 Å². The van der Waals surface area contributed by atoms with Gasteiger partial charge in [-0.05, 0) is 36.2 Å². The van der Waals surface area contributed by atoms with Crippen LogP contribution in [0.15, 0.2) is 52.7 Å². The van der Waals surface area contributed by atoms with Crippen LogP contribution in [0.3, 0.4) is 0 Å². The minimum Gasteiger partial charge on any atom is -0.507 e. The fourth-order valence-corrected chi connectivity index (χ4v) is 2.88. The van der Waals surface area contributed by atoms with Crippen molar-refractivity contribution in [2.75, 3.05) is 7.11 Å². The van der Waals surface area contributed by atoms with Crippen molar-refractivity contribution in [3.8, 4) is 17.4 Å². The van der Waals surface area contributed by atoms with Crippen LogP contribution in [0.25, 0.3) is 10.9 Å². The lowest BCUT2D eigenvalue weighted by atomic mass is 10.2. The highest BCUT2D eigenvalue weighted by molar-refractivity contribution is 5.99. The van der Waals surface area contributed by atoms with Crippen LogP contribution in [0.1, 0.15) is 24.2 Å². The van der Waals surface area contributed by atoms with Crippen molar-refractivity contribution in [1.29, 1.82) is 0 Å². The summed E-state index contributed by atoms with van der Waals surface area (Å²) in [5, 5.41) is 28.8. The number of hydrogen-bond acceptors (Lipinski definition) is 5. The summed E-state index contributed by atoms with van der Waals surface area (Å²) in [5.74, 6) is -0.0375. The summed E-state index contributed by atoms with van der Waals surface area (Å²) in [4.78, 5) is 12.3. The third-order valence-corrected chi connectivity index (χ3v) is 4.14. The Morgan fingerprint density at radius 1 is 1.19 bits per heavy atom. The molecule has 0 unspecified atom stereocenters. The number of fused-ring (bicyclic) bond motifs is 1. The minimum atomic E-state index is -0.694. The average Bonchev–Trinajstić information content (AvgIpc) is 2.90. The van der Waals surface area contributed by atoms with Gasteiger partial charge in [-0.25, -0.2) is 0 Å². The van der Waals surface area contributed by atoms with Gasteiger partial charge in [-0.3, -0.25) is 4.79 Å². The number of nitrogens with zero attached hydrogens (tertiary/aromatic N) is 3. The number of hydrogen-bond donors (Lipinski definition) is 2. The van der Waals surface area contributed by atoms with Crippen molar-refractivity contribution in [2.45, 2.75) is 20.4 Å². The van der Waals surface area contributed by atoms with E-state index < -0.39 is 5.91 Å². The number of benzene rings is 2. The molecule has 0 saturated carbocycles. The number of phenolic OH excluding ortho intramolecular Hbond substituents is 1. The summed E-state index contributed by atoms with van der Waals surface area (Å²) >= 11 is 0. The standard InChI is InChI=1S/C20H21N3O4/c1-12(2)11-23-16-9-8-13(27-3)10-15(16)18(20(23)26)21-22-19(25)14-6-4-5-7-17(14)24/h4-10,12,24,26H,11H2,1-3H3. The summed E-state index contributed by atoms with van der Waals surface area (Å²) in [7, 11) is 1.55. The Hall–Kier alpha value is -3.35. The number of rotatable bonds is 5. The van der Waals surface area contributed by atoms with Gasteiger partial charge in [0, 0.05) is 11.9 Å². The molecular weight excluding hydrogens is 346 g/mol. The van der Waals surface area contributed by atoms with Crippen LogP contribution in [-0.4, -0.2) is 27.8 Å². The second-order valence-corrected chi connectivity index (χ2v) is 6.58. The Labute approximate surface area is 156 Å². The fourth-order valence-electron chi connectivity index (χ4n) is 2.88. The van der Waals surface area contributed by atoms with Gasteiger partial charge in [0.15, 0.2) is 5.69 Å². The predicted octanol–water partition coefficient (Wildman–Crippen LogP) is 4.64. The van der Waals surface area contributed by atoms with Crippen molar-refractivity contribution in [1.82, 2.24) is 4.57 Å². The molecular formula is C20H21N3O4. The largest absolute Gasteiger partial charge is 0.507 e. The number of ether oxygens (including phenoxy) is 1. The van der Waals surface area contributed by atoms with E-state index in [0.29, 0.717) is 23.6 Å². The van der Waals surface area contributed by atoms with E-state index in [4.69, 9.17) is 4.74 Å². The first kappa shape index (κ1) is 18.4. The van der Waals surface area contributed by atoms with Crippen LogP contribution in [0.2, 0.25) is 0 Å². The summed E-state index contributed by atoms with van der Waals surface area (Å²) in [5.41, 5.74) is 1.00. The van der Waals surface area contributed by atoms with E-state index in [2.05, 4.69) is 10.2 Å². The zero-order chi connectivity index (χ0) is 19.6. The molecule has 0 radical (unpaired) electrons. The molecule has 0 bridgehead atoms. The van der Waals surface area contributed by atoms with Crippen molar-refractivity contribution in [3.05, 3.63) is 48.0 Å². The Morgan fingerprint density at radius 3 is 2.59 bits per heavy atom. The first-order valence-corrected chi connectivity index (χ1v) is 8.55. The zero-order valence-electron chi connectivity index (χ0n) is 15.4. The van der Waals surface area contributed by atoms with Gasteiger partial charge in [0.2, 0.25) is 5.88 Å². The lowest BCUT2D eigenvalue weighted by Crippen LogP contribution is -2.03. The number of azo groups is 1. The van der Waals surface area contributed by atoms with Crippen molar-refractivity contribution >= 4 is 22.5 Å². The molecule has 3 rings (SSSR count). The normalized spacial score (nSPS) is 11.6. The molecule has 0 saturated heterocycles. The van der Waals surface area contributed by atoms with Gasteiger partial charge in [0.05, 0.1) is 18.2 Å². The molecule has 0 aliphatic rings. The van der Waals surface area contributed by atoms with Crippen molar-refractivity contribution < 1.29 is 19.7 Å². The number of methoxy groups -OCH3 is 1. The Kier molecular flexibility index (Phi) is 5.12. The second kappa shape index (κ2) is 7.49. The maximum Gasteiger partial charge on any atom is 0.299 e. The topological polar surface area (TPSA) is 96.4 Å². The Morgan fingerprint density at radius 2 is 1.93 bits per heavy atom. The lowest BCUT2D eigenvalue weighted by molar-refractivity contribution is 0.0992. The maximum absolute atomic E-state index is 12.3. The number of phenols is 1. The van der Waals surface area contributed by atoms with E-state index in [1.807, 2.05) is 19.9 Å². The number of aromatic hydroxyl groups is 2. The predicted molar refractivity (Wildman–Crippen MR) is 102 cm³/mol. The van der Waals surface area contributed by atoms with Crippen LogP contribution in [0, 0.1) is 5.92 Å². The third kappa shape index (κ3) is 3.62. The zero-order valence-corrected chi connectivity index (χ0v) is 15.4. The molecule has 2 N–H and O–H groups in total. The molecule has 7 nitrogen and oxygen atoms in total. The van der Waals surface area contributed by atoms with Gasteiger partial charge < -0.3 is 19.5 Å². The molecule has 7 heteroatoms. The number of carbonyl (C=O) groups is 1. The lowest BCUT2D eigenvalue weighted by Gasteiger charge is -2.09. The van der Waals surface area contributed by atoms with Crippen LogP contribution in [-0.2, 0) is 6.54 Å². The second-order valence-electron chi connectivity index (χ2n) is 6.58.